The third-order valence-electron chi connectivity index (χ3n) is 2.41. The van der Waals surface area contributed by atoms with Crippen LogP contribution in [0.3, 0.4) is 0 Å². The number of carboxylic acid groups (broad SMARTS) is 1. The van der Waals surface area contributed by atoms with Crippen LogP contribution < -0.4 is 5.32 Å². The molecule has 0 radical (unpaired) electrons. The number of rotatable bonds is 5. The van der Waals surface area contributed by atoms with Gasteiger partial charge >= 0.3 is 5.97 Å². The van der Waals surface area contributed by atoms with Crippen LogP contribution in [-0.4, -0.2) is 36.7 Å². The molecule has 0 fully saturated rings. The molecule has 1 aromatic carbocycles. The SMILES string of the molecule is COC(C)CNC(=O)c1ccc(C(=O)O)cc1F. The minimum Gasteiger partial charge on any atom is -0.478 e. The van der Waals surface area contributed by atoms with Gasteiger partial charge in [0.1, 0.15) is 5.82 Å². The quantitative estimate of drug-likeness (QED) is 0.831. The highest BCUT2D eigenvalue weighted by atomic mass is 19.1. The van der Waals surface area contributed by atoms with Gasteiger partial charge in [0.2, 0.25) is 0 Å². The minimum absolute atomic E-state index is 0.185. The number of nitrogens with one attached hydrogen (secondary N) is 1. The second kappa shape index (κ2) is 6.11. The normalized spacial score (nSPS) is 11.9. The van der Waals surface area contributed by atoms with Gasteiger partial charge in [-0.1, -0.05) is 0 Å². The van der Waals surface area contributed by atoms with Gasteiger partial charge in [-0.25, -0.2) is 9.18 Å². The van der Waals surface area contributed by atoms with E-state index in [0.717, 1.165) is 12.1 Å². The molecule has 0 heterocycles. The van der Waals surface area contributed by atoms with Crippen molar-refractivity contribution < 1.29 is 23.8 Å². The molecule has 1 rings (SSSR count). The lowest BCUT2D eigenvalue weighted by atomic mass is 10.1. The van der Waals surface area contributed by atoms with Gasteiger partial charge in [-0.05, 0) is 25.1 Å². The summed E-state index contributed by atoms with van der Waals surface area (Å²) in [5.41, 5.74) is -0.391. The van der Waals surface area contributed by atoms with E-state index in [1.54, 1.807) is 6.92 Å². The van der Waals surface area contributed by atoms with E-state index < -0.39 is 17.7 Å². The Labute approximate surface area is 104 Å². The van der Waals surface area contributed by atoms with Gasteiger partial charge in [0, 0.05) is 13.7 Å². The Morgan fingerprint density at radius 2 is 2.17 bits per heavy atom. The van der Waals surface area contributed by atoms with Gasteiger partial charge in [-0.3, -0.25) is 4.79 Å². The van der Waals surface area contributed by atoms with Gasteiger partial charge in [0.05, 0.1) is 17.2 Å². The van der Waals surface area contributed by atoms with Crippen LogP contribution in [0.2, 0.25) is 0 Å². The zero-order valence-electron chi connectivity index (χ0n) is 10.1. The maximum absolute atomic E-state index is 13.5. The van der Waals surface area contributed by atoms with E-state index in [9.17, 15) is 14.0 Å². The predicted octanol–water partition coefficient (Wildman–Crippen LogP) is 1.29. The molecule has 0 aromatic heterocycles. The number of carbonyl (C=O) groups is 2. The van der Waals surface area contributed by atoms with E-state index in [-0.39, 0.29) is 23.8 Å². The Morgan fingerprint density at radius 1 is 1.50 bits per heavy atom. The number of amides is 1. The van der Waals surface area contributed by atoms with Crippen molar-refractivity contribution in [2.45, 2.75) is 13.0 Å². The van der Waals surface area contributed by atoms with Crippen molar-refractivity contribution in [3.8, 4) is 0 Å². The third-order valence-corrected chi connectivity index (χ3v) is 2.41. The Hall–Kier alpha value is -1.95. The van der Waals surface area contributed by atoms with Gasteiger partial charge in [0.25, 0.3) is 5.91 Å². The number of hydrogen-bond acceptors (Lipinski definition) is 3. The zero-order valence-corrected chi connectivity index (χ0v) is 10.1. The summed E-state index contributed by atoms with van der Waals surface area (Å²) in [6, 6.07) is 3.14. The van der Waals surface area contributed by atoms with Crippen LogP contribution in [-0.2, 0) is 4.74 Å². The largest absolute Gasteiger partial charge is 0.478 e. The highest BCUT2D eigenvalue weighted by Crippen LogP contribution is 2.10. The minimum atomic E-state index is -1.24. The number of benzene rings is 1. The molecule has 6 heteroatoms. The fourth-order valence-electron chi connectivity index (χ4n) is 1.25. The predicted molar refractivity (Wildman–Crippen MR) is 62.2 cm³/mol. The summed E-state index contributed by atoms with van der Waals surface area (Å²) >= 11 is 0. The van der Waals surface area contributed by atoms with E-state index in [1.807, 2.05) is 0 Å². The monoisotopic (exact) mass is 255 g/mol. The molecule has 1 amide bonds. The molecule has 0 aliphatic heterocycles. The molecule has 2 N–H and O–H groups in total. The second-order valence-electron chi connectivity index (χ2n) is 3.76. The van der Waals surface area contributed by atoms with Gasteiger partial charge in [-0.15, -0.1) is 0 Å². The molecule has 0 saturated carbocycles. The van der Waals surface area contributed by atoms with E-state index in [0.29, 0.717) is 0 Å². The fourth-order valence-corrected chi connectivity index (χ4v) is 1.25. The van der Waals surface area contributed by atoms with Crippen molar-refractivity contribution in [1.82, 2.24) is 5.32 Å². The van der Waals surface area contributed by atoms with Gasteiger partial charge in [0.15, 0.2) is 0 Å². The van der Waals surface area contributed by atoms with Crippen LogP contribution in [0, 0.1) is 5.82 Å². The number of carboxylic acids is 1. The van der Waals surface area contributed by atoms with Crippen LogP contribution >= 0.6 is 0 Å². The maximum atomic E-state index is 13.5. The number of hydrogen-bond donors (Lipinski definition) is 2. The first-order valence-corrected chi connectivity index (χ1v) is 5.29. The fraction of sp³-hybridized carbons (Fsp3) is 0.333. The highest BCUT2D eigenvalue weighted by molar-refractivity contribution is 5.96. The topological polar surface area (TPSA) is 75.6 Å². The van der Waals surface area contributed by atoms with Gasteiger partial charge < -0.3 is 15.2 Å². The first kappa shape index (κ1) is 14.1. The molecule has 1 aromatic rings. The number of carbonyl (C=O) groups excluding carboxylic acids is 1. The van der Waals surface area contributed by atoms with Crippen LogP contribution in [0.1, 0.15) is 27.6 Å². The van der Waals surface area contributed by atoms with Crippen LogP contribution in [0.25, 0.3) is 0 Å². The summed E-state index contributed by atoms with van der Waals surface area (Å²) in [7, 11) is 1.50. The summed E-state index contributed by atoms with van der Waals surface area (Å²) in [6.07, 6.45) is -0.185. The molecular weight excluding hydrogens is 241 g/mol. The number of halogens is 1. The average molecular weight is 255 g/mol. The lowest BCUT2D eigenvalue weighted by Gasteiger charge is -2.11. The zero-order chi connectivity index (χ0) is 13.7. The molecule has 1 atom stereocenters. The molecule has 0 saturated heterocycles. The lowest BCUT2D eigenvalue weighted by molar-refractivity contribution is 0.0695. The Kier molecular flexibility index (Phi) is 4.79. The smallest absolute Gasteiger partial charge is 0.335 e. The Bertz CT molecular complexity index is 461. The standard InChI is InChI=1S/C12H14FNO4/c1-7(18-2)6-14-11(15)9-4-3-8(12(16)17)5-10(9)13/h3-5,7H,6H2,1-2H3,(H,14,15)(H,16,17). The van der Waals surface area contributed by atoms with Crippen molar-refractivity contribution in [3.05, 3.63) is 35.1 Å². The van der Waals surface area contributed by atoms with Gasteiger partial charge in [-0.2, -0.15) is 0 Å². The number of methoxy groups -OCH3 is 1. The molecule has 0 spiro atoms. The molecule has 5 nitrogen and oxygen atoms in total. The molecule has 0 bridgehead atoms. The maximum Gasteiger partial charge on any atom is 0.335 e. The van der Waals surface area contributed by atoms with Crippen LogP contribution in [0.15, 0.2) is 18.2 Å². The van der Waals surface area contributed by atoms with Crippen molar-refractivity contribution >= 4 is 11.9 Å². The molecular formula is C12H14FNO4. The lowest BCUT2D eigenvalue weighted by Crippen LogP contribution is -2.32. The molecule has 0 aliphatic carbocycles. The second-order valence-corrected chi connectivity index (χ2v) is 3.76. The third kappa shape index (κ3) is 3.53. The molecule has 98 valence electrons. The molecule has 0 aliphatic rings. The summed E-state index contributed by atoms with van der Waals surface area (Å²) in [5.74, 6) is -2.71. The van der Waals surface area contributed by atoms with Crippen molar-refractivity contribution in [3.63, 3.8) is 0 Å². The summed E-state index contributed by atoms with van der Waals surface area (Å²) in [6.45, 7) is 2.00. The highest BCUT2D eigenvalue weighted by Gasteiger charge is 2.14. The number of ether oxygens (including phenoxy) is 1. The summed E-state index contributed by atoms with van der Waals surface area (Å²) in [4.78, 5) is 22.2. The molecule has 1 unspecified atom stereocenters. The van der Waals surface area contributed by atoms with E-state index >= 15 is 0 Å². The Balaban J connectivity index is 2.78. The van der Waals surface area contributed by atoms with Crippen molar-refractivity contribution in [2.24, 2.45) is 0 Å². The van der Waals surface area contributed by atoms with E-state index in [4.69, 9.17) is 9.84 Å². The summed E-state index contributed by atoms with van der Waals surface area (Å²) < 4.78 is 18.4. The first-order valence-electron chi connectivity index (χ1n) is 5.29. The number of aromatic carboxylic acids is 1. The Morgan fingerprint density at radius 3 is 2.67 bits per heavy atom. The average Bonchev–Trinajstić information content (AvgIpc) is 2.35. The molecule has 18 heavy (non-hydrogen) atoms. The van der Waals surface area contributed by atoms with Crippen molar-refractivity contribution in [1.29, 1.82) is 0 Å². The van der Waals surface area contributed by atoms with Crippen LogP contribution in [0.5, 0.6) is 0 Å². The van der Waals surface area contributed by atoms with Crippen molar-refractivity contribution in [2.75, 3.05) is 13.7 Å². The van der Waals surface area contributed by atoms with E-state index in [1.165, 1.54) is 13.2 Å². The summed E-state index contributed by atoms with van der Waals surface area (Å²) in [5, 5.41) is 11.2. The first-order chi connectivity index (χ1) is 8.45. The van der Waals surface area contributed by atoms with Crippen LogP contribution in [0.4, 0.5) is 4.39 Å². The van der Waals surface area contributed by atoms with E-state index in [2.05, 4.69) is 5.32 Å².